The quantitative estimate of drug-likeness (QED) is 0.144. The second-order valence-corrected chi connectivity index (χ2v) is 13.3. The highest BCUT2D eigenvalue weighted by Crippen LogP contribution is 2.68. The first-order chi connectivity index (χ1) is 18.8. The number of aliphatic hydroxyl groups is 1. The minimum absolute atomic E-state index is 0.0312. The summed E-state index contributed by atoms with van der Waals surface area (Å²) in [5.41, 5.74) is 0.978. The maximum Gasteiger partial charge on any atom is 0.310 e. The maximum atomic E-state index is 14.5. The topological polar surface area (TPSA) is 87.1 Å². The standard InChI is InChI=1S/C30H39BrN2O5S/c1-4-7-8-12-16-38-29(37)23-24-27(35)33(21(6-3)19-34)26(30(24)17-22(31)25(23)39-30)28(36)32(15-5-2)18-20-13-10-9-11-14-20/h4-5,9-11,13-14,21-26,34H,1-2,6-8,12,15-19H2,3H3/t21-,22?,23-,24-,25-,26?,30?/m0/s1. The Hall–Kier alpha value is -2.10. The van der Waals surface area contributed by atoms with Crippen molar-refractivity contribution < 1.29 is 24.2 Å². The van der Waals surface area contributed by atoms with Gasteiger partial charge in [0.25, 0.3) is 0 Å². The number of aliphatic hydroxyl groups excluding tert-OH is 1. The van der Waals surface area contributed by atoms with Gasteiger partial charge in [-0.2, -0.15) is 0 Å². The van der Waals surface area contributed by atoms with Crippen LogP contribution in [0.3, 0.4) is 0 Å². The van der Waals surface area contributed by atoms with Crippen molar-refractivity contribution in [3.05, 3.63) is 61.2 Å². The molecule has 1 aromatic rings. The third-order valence-corrected chi connectivity index (χ3v) is 11.5. The Morgan fingerprint density at radius 1 is 1.28 bits per heavy atom. The molecule has 1 spiro atoms. The summed E-state index contributed by atoms with van der Waals surface area (Å²) in [6.07, 6.45) is 7.09. The largest absolute Gasteiger partial charge is 0.465 e. The Morgan fingerprint density at radius 3 is 2.67 bits per heavy atom. The maximum absolute atomic E-state index is 14.5. The van der Waals surface area contributed by atoms with E-state index in [1.165, 1.54) is 0 Å². The molecule has 2 amide bonds. The van der Waals surface area contributed by atoms with Crippen molar-refractivity contribution >= 4 is 45.5 Å². The van der Waals surface area contributed by atoms with Gasteiger partial charge in [-0.25, -0.2) is 0 Å². The summed E-state index contributed by atoms with van der Waals surface area (Å²) in [5.74, 6) is -2.08. The van der Waals surface area contributed by atoms with Gasteiger partial charge >= 0.3 is 5.97 Å². The Kier molecular flexibility index (Phi) is 9.99. The van der Waals surface area contributed by atoms with Crippen LogP contribution < -0.4 is 0 Å². The fourth-order valence-electron chi connectivity index (χ4n) is 6.45. The number of rotatable bonds is 14. The average Bonchev–Trinajstić information content (AvgIpc) is 3.53. The van der Waals surface area contributed by atoms with Crippen LogP contribution in [0, 0.1) is 11.8 Å². The number of carbonyl (C=O) groups excluding carboxylic acids is 3. The number of benzene rings is 1. The zero-order chi connectivity index (χ0) is 28.2. The first kappa shape index (κ1) is 29.9. The van der Waals surface area contributed by atoms with Crippen LogP contribution in [-0.2, 0) is 25.7 Å². The molecule has 0 aliphatic carbocycles. The monoisotopic (exact) mass is 618 g/mol. The fraction of sp³-hybridized carbons (Fsp3) is 0.567. The number of alkyl halides is 1. The molecule has 7 nitrogen and oxygen atoms in total. The molecule has 3 aliphatic rings. The van der Waals surface area contributed by atoms with E-state index in [0.717, 1.165) is 24.8 Å². The predicted molar refractivity (Wildman–Crippen MR) is 157 cm³/mol. The number of fused-ring (bicyclic) bond motifs is 1. The molecule has 3 heterocycles. The number of unbranched alkanes of at least 4 members (excludes halogenated alkanes) is 2. The Balaban J connectivity index is 1.68. The van der Waals surface area contributed by atoms with Crippen LogP contribution in [0.2, 0.25) is 0 Å². The third-order valence-electron chi connectivity index (χ3n) is 8.23. The van der Waals surface area contributed by atoms with Crippen molar-refractivity contribution in [2.24, 2.45) is 11.8 Å². The van der Waals surface area contributed by atoms with Gasteiger partial charge in [0, 0.05) is 23.2 Å². The predicted octanol–water partition coefficient (Wildman–Crippen LogP) is 4.34. The molecular weight excluding hydrogens is 580 g/mol. The molecule has 9 heteroatoms. The van der Waals surface area contributed by atoms with Gasteiger partial charge in [-0.1, -0.05) is 65.3 Å². The number of likely N-dealkylation sites (tertiary alicyclic amines) is 1. The molecule has 7 atom stereocenters. The number of hydrogen-bond donors (Lipinski definition) is 1. The van der Waals surface area contributed by atoms with Crippen LogP contribution >= 0.6 is 27.7 Å². The van der Waals surface area contributed by atoms with E-state index >= 15 is 0 Å². The third kappa shape index (κ3) is 5.59. The number of carbonyl (C=O) groups is 3. The summed E-state index contributed by atoms with van der Waals surface area (Å²) < 4.78 is 4.92. The van der Waals surface area contributed by atoms with E-state index in [0.29, 0.717) is 32.5 Å². The SMILES string of the molecule is C=CCCCCOC(=O)[C@H]1[C@H]2C(=O)N([C@@H](CC)CO)C(C(=O)N(CC=C)Cc3ccccc3)C23CC(Br)[C@@H]1S3. The summed E-state index contributed by atoms with van der Waals surface area (Å²) in [5, 5.41) is 10.1. The number of amides is 2. The normalized spacial score (nSPS) is 29.7. The highest BCUT2D eigenvalue weighted by molar-refractivity contribution is 9.09. The molecule has 3 aliphatic heterocycles. The van der Waals surface area contributed by atoms with Gasteiger partial charge in [0.2, 0.25) is 11.8 Å². The second-order valence-electron chi connectivity index (χ2n) is 10.6. The number of ether oxygens (including phenoxy) is 1. The van der Waals surface area contributed by atoms with Crippen LogP contribution in [0.15, 0.2) is 55.6 Å². The van der Waals surface area contributed by atoms with Gasteiger partial charge in [0.1, 0.15) is 6.04 Å². The van der Waals surface area contributed by atoms with Crippen molar-refractivity contribution in [2.45, 2.75) is 72.5 Å². The van der Waals surface area contributed by atoms with E-state index in [-0.39, 0.29) is 34.5 Å². The van der Waals surface area contributed by atoms with Crippen molar-refractivity contribution in [2.75, 3.05) is 19.8 Å². The zero-order valence-electron chi connectivity index (χ0n) is 22.5. The lowest BCUT2D eigenvalue weighted by atomic mass is 9.71. The number of thioether (sulfide) groups is 1. The lowest BCUT2D eigenvalue weighted by molar-refractivity contribution is -0.154. The number of hydrogen-bond acceptors (Lipinski definition) is 6. The molecule has 0 saturated carbocycles. The minimum Gasteiger partial charge on any atom is -0.465 e. The van der Waals surface area contributed by atoms with E-state index < -0.39 is 28.7 Å². The lowest BCUT2D eigenvalue weighted by Crippen LogP contribution is -2.57. The number of esters is 1. The summed E-state index contributed by atoms with van der Waals surface area (Å²) in [6, 6.07) is 8.42. The van der Waals surface area contributed by atoms with Gasteiger partial charge < -0.3 is 19.6 Å². The van der Waals surface area contributed by atoms with E-state index in [1.807, 2.05) is 43.3 Å². The molecule has 1 N–H and O–H groups in total. The van der Waals surface area contributed by atoms with Gasteiger partial charge in [-0.15, -0.1) is 24.9 Å². The number of allylic oxidation sites excluding steroid dienone is 1. The summed E-state index contributed by atoms with van der Waals surface area (Å²) in [6.45, 7) is 10.2. The van der Waals surface area contributed by atoms with Crippen molar-refractivity contribution in [3.8, 4) is 0 Å². The van der Waals surface area contributed by atoms with Crippen LogP contribution in [0.4, 0.5) is 0 Å². The Morgan fingerprint density at radius 2 is 2.03 bits per heavy atom. The van der Waals surface area contributed by atoms with Crippen molar-refractivity contribution in [1.29, 1.82) is 0 Å². The van der Waals surface area contributed by atoms with Crippen LogP contribution in [0.25, 0.3) is 0 Å². The van der Waals surface area contributed by atoms with E-state index in [2.05, 4.69) is 29.1 Å². The molecule has 3 saturated heterocycles. The molecule has 2 bridgehead atoms. The number of halogens is 1. The minimum atomic E-state index is -0.795. The summed E-state index contributed by atoms with van der Waals surface area (Å²) >= 11 is 5.37. The summed E-state index contributed by atoms with van der Waals surface area (Å²) in [4.78, 5) is 45.4. The Labute approximate surface area is 244 Å². The molecule has 1 aromatic carbocycles. The zero-order valence-corrected chi connectivity index (χ0v) is 24.9. The highest BCUT2D eigenvalue weighted by atomic mass is 79.9. The van der Waals surface area contributed by atoms with Gasteiger partial charge in [0.05, 0.1) is 35.8 Å². The van der Waals surface area contributed by atoms with Crippen LogP contribution in [-0.4, -0.2) is 79.4 Å². The Bertz CT molecular complexity index is 1070. The molecule has 3 fully saturated rings. The van der Waals surface area contributed by atoms with Crippen molar-refractivity contribution in [3.63, 3.8) is 0 Å². The first-order valence-electron chi connectivity index (χ1n) is 13.8. The van der Waals surface area contributed by atoms with Gasteiger partial charge in [-0.3, -0.25) is 14.4 Å². The molecule has 39 heavy (non-hydrogen) atoms. The number of nitrogens with zero attached hydrogens (tertiary/aromatic N) is 2. The first-order valence-corrected chi connectivity index (χ1v) is 15.6. The van der Waals surface area contributed by atoms with E-state index in [9.17, 15) is 19.5 Å². The van der Waals surface area contributed by atoms with E-state index in [4.69, 9.17) is 4.74 Å². The van der Waals surface area contributed by atoms with Crippen LogP contribution in [0.5, 0.6) is 0 Å². The highest BCUT2D eigenvalue weighted by Gasteiger charge is 2.76. The second kappa shape index (κ2) is 13.0. The van der Waals surface area contributed by atoms with Gasteiger partial charge in [-0.05, 0) is 37.7 Å². The van der Waals surface area contributed by atoms with Gasteiger partial charge in [0.15, 0.2) is 0 Å². The molecule has 0 aromatic heterocycles. The fourth-order valence-corrected chi connectivity index (χ4v) is 10.0. The average molecular weight is 620 g/mol. The molecule has 0 radical (unpaired) electrons. The summed E-state index contributed by atoms with van der Waals surface area (Å²) in [7, 11) is 0. The molecule has 3 unspecified atom stereocenters. The lowest BCUT2D eigenvalue weighted by Gasteiger charge is -2.39. The van der Waals surface area contributed by atoms with Crippen LogP contribution in [0.1, 0.15) is 44.6 Å². The molecule has 4 rings (SSSR count). The van der Waals surface area contributed by atoms with Crippen molar-refractivity contribution in [1.82, 2.24) is 9.80 Å². The smallest absolute Gasteiger partial charge is 0.310 e. The molecule has 212 valence electrons. The molecular formula is C30H39BrN2O5S. The van der Waals surface area contributed by atoms with E-state index in [1.54, 1.807) is 27.6 Å².